The first-order valence-corrected chi connectivity index (χ1v) is 9.50. The van der Waals surface area contributed by atoms with Crippen molar-refractivity contribution in [2.75, 3.05) is 44.2 Å². The van der Waals surface area contributed by atoms with Crippen LogP contribution in [0.5, 0.6) is 0 Å². The second-order valence-corrected chi connectivity index (χ2v) is 6.30. The van der Waals surface area contributed by atoms with E-state index in [-0.39, 0.29) is 12.0 Å². The number of para-hydroxylation sites is 1. The molecule has 28 heavy (non-hydrogen) atoms. The number of carbonyl (C=O) groups is 2. The van der Waals surface area contributed by atoms with Crippen LogP contribution < -0.4 is 4.90 Å². The first-order chi connectivity index (χ1) is 13.6. The molecule has 8 heteroatoms. The minimum Gasteiger partial charge on any atom is -0.450 e. The van der Waals surface area contributed by atoms with Gasteiger partial charge >= 0.3 is 6.09 Å². The van der Waals surface area contributed by atoms with Crippen LogP contribution in [0.15, 0.2) is 42.6 Å². The molecule has 3 rings (SSSR count). The normalized spacial score (nSPS) is 13.9. The Balaban J connectivity index is 1.70. The van der Waals surface area contributed by atoms with Crippen LogP contribution in [0.2, 0.25) is 0 Å². The van der Waals surface area contributed by atoms with Crippen molar-refractivity contribution in [2.45, 2.75) is 13.8 Å². The van der Waals surface area contributed by atoms with E-state index in [0.29, 0.717) is 51.0 Å². The maximum atomic E-state index is 12.9. The van der Waals surface area contributed by atoms with Crippen LogP contribution in [0.3, 0.4) is 0 Å². The lowest BCUT2D eigenvalue weighted by molar-refractivity contribution is 0.0566. The number of amides is 2. The summed E-state index contributed by atoms with van der Waals surface area (Å²) < 4.78 is 5.02. The van der Waals surface area contributed by atoms with Gasteiger partial charge in [-0.2, -0.15) is 0 Å². The smallest absolute Gasteiger partial charge is 0.409 e. The zero-order valence-corrected chi connectivity index (χ0v) is 16.2. The highest BCUT2D eigenvalue weighted by Gasteiger charge is 2.26. The molecule has 2 aromatic rings. The van der Waals surface area contributed by atoms with Gasteiger partial charge in [-0.15, -0.1) is 0 Å². The van der Waals surface area contributed by atoms with Crippen LogP contribution in [0.25, 0.3) is 0 Å². The second kappa shape index (κ2) is 9.16. The highest BCUT2D eigenvalue weighted by Crippen LogP contribution is 2.21. The number of nitrogens with zero attached hydrogens (tertiary/aromatic N) is 5. The van der Waals surface area contributed by atoms with Crippen molar-refractivity contribution >= 4 is 23.6 Å². The fourth-order valence-corrected chi connectivity index (χ4v) is 3.11. The molecule has 0 atom stereocenters. The molecule has 0 saturated carbocycles. The molecule has 0 spiro atoms. The number of rotatable bonds is 5. The number of hydrogen-bond acceptors (Lipinski definition) is 6. The van der Waals surface area contributed by atoms with Crippen LogP contribution in [0.1, 0.15) is 24.3 Å². The van der Waals surface area contributed by atoms with E-state index in [9.17, 15) is 9.59 Å². The third-order valence-corrected chi connectivity index (χ3v) is 4.58. The van der Waals surface area contributed by atoms with Gasteiger partial charge < -0.3 is 19.4 Å². The Kier molecular flexibility index (Phi) is 6.41. The van der Waals surface area contributed by atoms with E-state index >= 15 is 0 Å². The number of ether oxygens (including phenoxy) is 1. The number of benzene rings is 1. The highest BCUT2D eigenvalue weighted by molar-refractivity contribution is 5.92. The largest absolute Gasteiger partial charge is 0.450 e. The molecular weight excluding hydrogens is 358 g/mol. The van der Waals surface area contributed by atoms with E-state index in [1.54, 1.807) is 29.0 Å². The summed E-state index contributed by atoms with van der Waals surface area (Å²) >= 11 is 0. The maximum absolute atomic E-state index is 12.9. The Morgan fingerprint density at radius 1 is 1.04 bits per heavy atom. The lowest BCUT2D eigenvalue weighted by Crippen LogP contribution is -2.50. The van der Waals surface area contributed by atoms with E-state index in [4.69, 9.17) is 4.74 Å². The van der Waals surface area contributed by atoms with Crippen molar-refractivity contribution in [3.63, 3.8) is 0 Å². The highest BCUT2D eigenvalue weighted by atomic mass is 16.6. The Bertz CT molecular complexity index is 806. The van der Waals surface area contributed by atoms with E-state index in [2.05, 4.69) is 9.97 Å². The monoisotopic (exact) mass is 383 g/mol. The third kappa shape index (κ3) is 4.39. The van der Waals surface area contributed by atoms with E-state index in [0.717, 1.165) is 5.69 Å². The molecule has 1 aliphatic heterocycles. The molecule has 1 aliphatic rings. The molecule has 8 nitrogen and oxygen atoms in total. The number of carbonyl (C=O) groups excluding carboxylic acids is 2. The van der Waals surface area contributed by atoms with Gasteiger partial charge in [0.2, 0.25) is 5.95 Å². The number of aromatic nitrogens is 2. The summed E-state index contributed by atoms with van der Waals surface area (Å²) in [5, 5.41) is 0. The minimum atomic E-state index is -0.333. The molecule has 148 valence electrons. The molecule has 1 aromatic heterocycles. The summed E-state index contributed by atoms with van der Waals surface area (Å²) in [6, 6.07) is 11.5. The Morgan fingerprint density at radius 3 is 2.36 bits per heavy atom. The molecule has 0 radical (unpaired) electrons. The lowest BCUT2D eigenvalue weighted by atomic mass is 10.2. The molecule has 0 N–H and O–H groups in total. The van der Waals surface area contributed by atoms with Crippen molar-refractivity contribution in [3.8, 4) is 0 Å². The zero-order valence-electron chi connectivity index (χ0n) is 16.2. The van der Waals surface area contributed by atoms with Crippen molar-refractivity contribution in [1.29, 1.82) is 0 Å². The fourth-order valence-electron chi connectivity index (χ4n) is 3.11. The predicted molar refractivity (Wildman–Crippen MR) is 106 cm³/mol. The average Bonchev–Trinajstić information content (AvgIpc) is 2.75. The number of piperazine rings is 1. The summed E-state index contributed by atoms with van der Waals surface area (Å²) in [5.74, 6) is 0.334. The summed E-state index contributed by atoms with van der Waals surface area (Å²) in [7, 11) is 0. The van der Waals surface area contributed by atoms with Gasteiger partial charge in [0.25, 0.3) is 5.91 Å². The van der Waals surface area contributed by atoms with Crippen molar-refractivity contribution in [1.82, 2.24) is 19.8 Å². The topological polar surface area (TPSA) is 78.9 Å². The fraction of sp³-hybridized carbons (Fsp3) is 0.400. The maximum Gasteiger partial charge on any atom is 0.409 e. The Hall–Kier alpha value is -3.16. The van der Waals surface area contributed by atoms with Crippen molar-refractivity contribution < 1.29 is 14.3 Å². The molecule has 0 unspecified atom stereocenters. The number of hydrogen-bond donors (Lipinski definition) is 0. The van der Waals surface area contributed by atoms with Crippen LogP contribution >= 0.6 is 0 Å². The summed E-state index contributed by atoms with van der Waals surface area (Å²) in [6.07, 6.45) is 1.27. The SMILES string of the molecule is CCOC(=O)N1CCN(C(=O)c2ccnc(N(CC)c3ccccc3)n2)CC1. The van der Waals surface area contributed by atoms with Gasteiger partial charge in [0.05, 0.1) is 6.61 Å². The van der Waals surface area contributed by atoms with Gasteiger partial charge in [0.1, 0.15) is 5.69 Å². The molecule has 2 amide bonds. The first-order valence-electron chi connectivity index (χ1n) is 9.50. The predicted octanol–water partition coefficient (Wildman–Crippen LogP) is 2.55. The van der Waals surface area contributed by atoms with E-state index in [1.807, 2.05) is 42.2 Å². The molecule has 1 fully saturated rings. The Labute approximate surface area is 164 Å². The van der Waals surface area contributed by atoms with E-state index < -0.39 is 0 Å². The molecular formula is C20H25N5O3. The van der Waals surface area contributed by atoms with Gasteiger partial charge in [0, 0.05) is 44.6 Å². The standard InChI is InChI=1S/C20H25N5O3/c1-3-25(16-8-6-5-7-9-16)19-21-11-10-17(22-19)18(26)23-12-14-24(15-13-23)20(27)28-4-2/h5-11H,3-4,12-15H2,1-2H3. The third-order valence-electron chi connectivity index (χ3n) is 4.58. The Morgan fingerprint density at radius 2 is 1.71 bits per heavy atom. The van der Waals surface area contributed by atoms with Gasteiger partial charge in [0.15, 0.2) is 0 Å². The molecule has 0 bridgehead atoms. The molecule has 0 aliphatic carbocycles. The van der Waals surface area contributed by atoms with Crippen molar-refractivity contribution in [2.24, 2.45) is 0 Å². The summed E-state index contributed by atoms with van der Waals surface area (Å²) in [6.45, 7) is 6.62. The lowest BCUT2D eigenvalue weighted by Gasteiger charge is -2.33. The van der Waals surface area contributed by atoms with Gasteiger partial charge in [-0.3, -0.25) is 4.79 Å². The van der Waals surface area contributed by atoms with Crippen molar-refractivity contribution in [3.05, 3.63) is 48.3 Å². The van der Waals surface area contributed by atoms with Gasteiger partial charge in [-0.25, -0.2) is 14.8 Å². The molecule has 2 heterocycles. The van der Waals surface area contributed by atoms with E-state index in [1.165, 1.54) is 0 Å². The van der Waals surface area contributed by atoms with Crippen LogP contribution in [-0.4, -0.2) is 71.1 Å². The average molecular weight is 383 g/mol. The minimum absolute atomic E-state index is 0.156. The van der Waals surface area contributed by atoms with Gasteiger partial charge in [-0.1, -0.05) is 18.2 Å². The second-order valence-electron chi connectivity index (χ2n) is 6.30. The van der Waals surface area contributed by atoms with Crippen LogP contribution in [0.4, 0.5) is 16.4 Å². The quantitative estimate of drug-likeness (QED) is 0.790. The number of anilines is 2. The van der Waals surface area contributed by atoms with Crippen LogP contribution in [0, 0.1) is 0 Å². The zero-order chi connectivity index (χ0) is 19.9. The van der Waals surface area contributed by atoms with Crippen LogP contribution in [-0.2, 0) is 4.74 Å². The van der Waals surface area contributed by atoms with Gasteiger partial charge in [-0.05, 0) is 32.0 Å². The summed E-state index contributed by atoms with van der Waals surface area (Å²) in [5.41, 5.74) is 1.32. The molecule has 1 aromatic carbocycles. The molecule has 1 saturated heterocycles. The first kappa shape index (κ1) is 19.6. The summed E-state index contributed by atoms with van der Waals surface area (Å²) in [4.78, 5) is 38.8.